The molecule has 0 radical (unpaired) electrons. The second-order valence-electron chi connectivity index (χ2n) is 7.43. The van der Waals surface area contributed by atoms with Crippen molar-refractivity contribution in [2.75, 3.05) is 18.5 Å². The summed E-state index contributed by atoms with van der Waals surface area (Å²) in [6.07, 6.45) is -0.666. The van der Waals surface area contributed by atoms with Crippen LogP contribution < -0.4 is 10.6 Å². The van der Waals surface area contributed by atoms with Crippen molar-refractivity contribution in [1.29, 1.82) is 0 Å². The van der Waals surface area contributed by atoms with Gasteiger partial charge in [-0.05, 0) is 46.4 Å². The summed E-state index contributed by atoms with van der Waals surface area (Å²) in [5, 5.41) is 13.7. The molecular weight excluding hydrogens is 439 g/mol. The molecule has 170 valence electrons. The minimum Gasteiger partial charge on any atom is -0.478 e. The first-order valence-corrected chi connectivity index (χ1v) is 10.4. The Kier molecular flexibility index (Phi) is 6.55. The fourth-order valence-electron chi connectivity index (χ4n) is 3.82. The van der Waals surface area contributed by atoms with Gasteiger partial charge >= 0.3 is 12.1 Å². The Morgan fingerprint density at radius 1 is 0.971 bits per heavy atom. The van der Waals surface area contributed by atoms with Crippen LogP contribution in [0.4, 0.5) is 14.9 Å². The zero-order chi connectivity index (χ0) is 24.1. The number of anilines is 1. The number of ether oxygens (including phenoxy) is 1. The number of fused-ring (bicyclic) bond motifs is 3. The van der Waals surface area contributed by atoms with Gasteiger partial charge in [-0.1, -0.05) is 54.5 Å². The maximum absolute atomic E-state index is 13.4. The second kappa shape index (κ2) is 9.88. The molecule has 0 aliphatic heterocycles. The lowest BCUT2D eigenvalue weighted by molar-refractivity contribution is -0.111. The molecule has 7 nitrogen and oxygen atoms in total. The number of alkyl carbamates (subject to hydrolysis) is 1. The lowest BCUT2D eigenvalue weighted by Crippen LogP contribution is -2.26. The molecule has 0 unspecified atom stereocenters. The Labute approximate surface area is 194 Å². The molecule has 2 amide bonds. The van der Waals surface area contributed by atoms with Crippen LogP contribution in [-0.2, 0) is 9.53 Å². The van der Waals surface area contributed by atoms with E-state index in [2.05, 4.69) is 22.5 Å². The number of hydrogen-bond donors (Lipinski definition) is 3. The summed E-state index contributed by atoms with van der Waals surface area (Å²) in [5.41, 5.74) is 3.96. The highest BCUT2D eigenvalue weighted by atomic mass is 19.1. The monoisotopic (exact) mass is 458 g/mol. The Balaban J connectivity index is 1.28. The van der Waals surface area contributed by atoms with E-state index in [0.29, 0.717) is 0 Å². The molecule has 3 aromatic rings. The van der Waals surface area contributed by atoms with Crippen LogP contribution in [0.25, 0.3) is 11.1 Å². The standard InChI is InChI=1S/C26H19FN2O5/c27-23-12-11-16(14-21(23)25(31)32)29-24(30)10-5-13-28-26(33)34-15-22-19-8-3-1-6-17(19)18-7-2-4-9-20(18)22/h1-4,6-9,11-12,14,22H,13,15H2,(H,28,33)(H,29,30)(H,31,32). The highest BCUT2D eigenvalue weighted by Gasteiger charge is 2.28. The molecule has 1 aliphatic rings. The molecule has 34 heavy (non-hydrogen) atoms. The molecule has 4 rings (SSSR count). The summed E-state index contributed by atoms with van der Waals surface area (Å²) >= 11 is 0. The van der Waals surface area contributed by atoms with Crippen molar-refractivity contribution >= 4 is 23.7 Å². The molecule has 3 aromatic carbocycles. The van der Waals surface area contributed by atoms with Crippen LogP contribution in [0.15, 0.2) is 66.7 Å². The Bertz CT molecular complexity index is 1300. The van der Waals surface area contributed by atoms with Gasteiger partial charge in [-0.15, -0.1) is 0 Å². The van der Waals surface area contributed by atoms with Crippen molar-refractivity contribution < 1.29 is 28.6 Å². The number of hydrogen-bond acceptors (Lipinski definition) is 4. The quantitative estimate of drug-likeness (QED) is 0.502. The van der Waals surface area contributed by atoms with Crippen molar-refractivity contribution in [3.63, 3.8) is 0 Å². The summed E-state index contributed by atoms with van der Waals surface area (Å²) in [5.74, 6) is 1.57. The van der Waals surface area contributed by atoms with Gasteiger partial charge in [0.2, 0.25) is 0 Å². The number of carbonyl (C=O) groups is 3. The number of nitrogens with one attached hydrogen (secondary N) is 2. The zero-order valence-electron chi connectivity index (χ0n) is 17.8. The van der Waals surface area contributed by atoms with Crippen LogP contribution in [-0.4, -0.2) is 36.2 Å². The topological polar surface area (TPSA) is 105 Å². The van der Waals surface area contributed by atoms with Crippen LogP contribution >= 0.6 is 0 Å². The molecule has 0 spiro atoms. The van der Waals surface area contributed by atoms with Gasteiger partial charge in [0.25, 0.3) is 5.91 Å². The summed E-state index contributed by atoms with van der Waals surface area (Å²) < 4.78 is 18.8. The average Bonchev–Trinajstić information content (AvgIpc) is 3.15. The van der Waals surface area contributed by atoms with E-state index in [1.165, 1.54) is 6.07 Å². The van der Waals surface area contributed by atoms with Crippen molar-refractivity contribution in [2.24, 2.45) is 0 Å². The Morgan fingerprint density at radius 3 is 2.26 bits per heavy atom. The summed E-state index contributed by atoms with van der Waals surface area (Å²) in [7, 11) is 0. The number of benzene rings is 3. The Morgan fingerprint density at radius 2 is 1.62 bits per heavy atom. The smallest absolute Gasteiger partial charge is 0.407 e. The highest BCUT2D eigenvalue weighted by Crippen LogP contribution is 2.44. The molecule has 8 heteroatoms. The van der Waals surface area contributed by atoms with Crippen LogP contribution in [0, 0.1) is 17.7 Å². The van der Waals surface area contributed by atoms with E-state index in [0.717, 1.165) is 34.4 Å². The van der Waals surface area contributed by atoms with Gasteiger partial charge in [-0.25, -0.2) is 14.0 Å². The minimum absolute atomic E-state index is 0.0681. The predicted molar refractivity (Wildman–Crippen MR) is 123 cm³/mol. The molecule has 0 heterocycles. The first-order valence-electron chi connectivity index (χ1n) is 10.4. The van der Waals surface area contributed by atoms with Crippen molar-refractivity contribution in [3.05, 3.63) is 89.2 Å². The van der Waals surface area contributed by atoms with Gasteiger partial charge in [0, 0.05) is 11.6 Å². The number of aromatic carboxylic acids is 1. The SMILES string of the molecule is O=C(C#CCNC(=O)OCC1c2ccccc2-c2ccccc21)Nc1ccc(F)c(C(=O)O)c1. The number of amides is 2. The maximum atomic E-state index is 13.4. The molecule has 0 saturated heterocycles. The fraction of sp³-hybridized carbons (Fsp3) is 0.115. The minimum atomic E-state index is -1.45. The number of carboxylic acids is 1. The van der Waals surface area contributed by atoms with E-state index in [1.54, 1.807) is 0 Å². The van der Waals surface area contributed by atoms with Gasteiger partial charge in [-0.2, -0.15) is 0 Å². The van der Waals surface area contributed by atoms with Gasteiger partial charge in [0.05, 0.1) is 12.1 Å². The second-order valence-corrected chi connectivity index (χ2v) is 7.43. The third-order valence-electron chi connectivity index (χ3n) is 5.32. The van der Waals surface area contributed by atoms with E-state index in [-0.39, 0.29) is 24.8 Å². The van der Waals surface area contributed by atoms with Gasteiger partial charge in [0.1, 0.15) is 12.4 Å². The van der Waals surface area contributed by atoms with E-state index >= 15 is 0 Å². The van der Waals surface area contributed by atoms with Crippen molar-refractivity contribution in [1.82, 2.24) is 5.32 Å². The van der Waals surface area contributed by atoms with E-state index < -0.39 is 29.4 Å². The van der Waals surface area contributed by atoms with Gasteiger partial charge in [0.15, 0.2) is 0 Å². The molecular formula is C26H19FN2O5. The first kappa shape index (κ1) is 22.6. The Hall–Kier alpha value is -4.64. The van der Waals surface area contributed by atoms with Gasteiger partial charge in [-0.3, -0.25) is 4.79 Å². The molecule has 3 N–H and O–H groups in total. The molecule has 0 aromatic heterocycles. The maximum Gasteiger partial charge on any atom is 0.407 e. The molecule has 0 saturated carbocycles. The summed E-state index contributed by atoms with van der Waals surface area (Å²) in [6.45, 7) is 0.0259. The van der Waals surface area contributed by atoms with E-state index in [1.807, 2.05) is 48.5 Å². The molecule has 0 fully saturated rings. The van der Waals surface area contributed by atoms with E-state index in [9.17, 15) is 18.8 Å². The third kappa shape index (κ3) is 4.89. The lowest BCUT2D eigenvalue weighted by atomic mass is 9.98. The zero-order valence-corrected chi connectivity index (χ0v) is 17.8. The molecule has 0 atom stereocenters. The van der Waals surface area contributed by atoms with Crippen molar-refractivity contribution in [3.8, 4) is 23.0 Å². The molecule has 1 aliphatic carbocycles. The number of carbonyl (C=O) groups excluding carboxylic acids is 2. The number of rotatable bonds is 5. The third-order valence-corrected chi connectivity index (χ3v) is 5.32. The van der Waals surface area contributed by atoms with Crippen LogP contribution in [0.5, 0.6) is 0 Å². The number of halogens is 1. The first-order chi connectivity index (χ1) is 16.4. The van der Waals surface area contributed by atoms with Crippen LogP contribution in [0.3, 0.4) is 0 Å². The summed E-state index contributed by atoms with van der Waals surface area (Å²) in [6, 6.07) is 19.1. The number of carboxylic acid groups (broad SMARTS) is 1. The lowest BCUT2D eigenvalue weighted by Gasteiger charge is -2.14. The fourth-order valence-corrected chi connectivity index (χ4v) is 3.82. The van der Waals surface area contributed by atoms with Crippen LogP contribution in [0.2, 0.25) is 0 Å². The van der Waals surface area contributed by atoms with Crippen LogP contribution in [0.1, 0.15) is 27.4 Å². The summed E-state index contributed by atoms with van der Waals surface area (Å²) in [4.78, 5) is 34.9. The largest absolute Gasteiger partial charge is 0.478 e. The predicted octanol–water partition coefficient (Wildman–Crippen LogP) is 4.00. The van der Waals surface area contributed by atoms with Gasteiger partial charge < -0.3 is 20.5 Å². The molecule has 0 bridgehead atoms. The van der Waals surface area contributed by atoms with Crippen molar-refractivity contribution in [2.45, 2.75) is 5.92 Å². The highest BCUT2D eigenvalue weighted by molar-refractivity contribution is 6.04. The average molecular weight is 458 g/mol. The van der Waals surface area contributed by atoms with E-state index in [4.69, 9.17) is 9.84 Å². The normalized spacial score (nSPS) is 11.4.